The number of fused-ring (bicyclic) bond motifs is 3. The van der Waals surface area contributed by atoms with Gasteiger partial charge in [0.25, 0.3) is 0 Å². The lowest BCUT2D eigenvalue weighted by atomic mass is 10.0. The van der Waals surface area contributed by atoms with E-state index in [1.807, 2.05) is 0 Å². The van der Waals surface area contributed by atoms with Gasteiger partial charge >= 0.3 is 0 Å². The quantitative estimate of drug-likeness (QED) is 0.403. The van der Waals surface area contributed by atoms with Crippen LogP contribution in [0.5, 0.6) is 0 Å². The molecular weight excluding hydrogens is 503 g/mol. The van der Waals surface area contributed by atoms with Gasteiger partial charge in [-0.3, -0.25) is 4.79 Å². The molecule has 0 aromatic heterocycles. The van der Waals surface area contributed by atoms with Crippen molar-refractivity contribution in [2.75, 3.05) is 35.1 Å². The molecule has 0 radical (unpaired) electrons. The van der Waals surface area contributed by atoms with E-state index >= 15 is 0 Å². The van der Waals surface area contributed by atoms with Crippen molar-refractivity contribution < 1.29 is 4.79 Å². The molecule has 3 rings (SSSR count). The summed E-state index contributed by atoms with van der Waals surface area (Å²) in [6.07, 6.45) is 0.814. The minimum absolute atomic E-state index is 0.0954. The Labute approximate surface area is 180 Å². The van der Waals surface area contributed by atoms with Gasteiger partial charge in [-0.15, -0.1) is 23.2 Å². The van der Waals surface area contributed by atoms with Crippen LogP contribution >= 0.6 is 55.1 Å². The second-order valence-electron chi connectivity index (χ2n) is 6.14. The van der Waals surface area contributed by atoms with Gasteiger partial charge in [-0.25, -0.2) is 0 Å². The maximum Gasteiger partial charge on any atom is 0.221 e. The molecule has 1 amide bonds. The van der Waals surface area contributed by atoms with Crippen molar-refractivity contribution in [3.05, 3.63) is 44.3 Å². The predicted octanol–water partition coefficient (Wildman–Crippen LogP) is 6.03. The zero-order valence-electron chi connectivity index (χ0n) is 14.2. The summed E-state index contributed by atoms with van der Waals surface area (Å²) in [7, 11) is 0. The lowest BCUT2D eigenvalue weighted by molar-refractivity contribution is -0.114. The number of alkyl halides is 2. The first kappa shape index (κ1) is 20.0. The lowest BCUT2D eigenvalue weighted by Gasteiger charge is -2.23. The largest absolute Gasteiger partial charge is 0.369 e. The van der Waals surface area contributed by atoms with Gasteiger partial charge in [0.05, 0.1) is 5.69 Å². The van der Waals surface area contributed by atoms with Crippen LogP contribution in [0.25, 0.3) is 11.1 Å². The van der Waals surface area contributed by atoms with Crippen LogP contribution in [-0.4, -0.2) is 30.8 Å². The molecule has 0 saturated carbocycles. The Hall–Kier alpha value is -0.750. The molecule has 2 aromatic rings. The molecule has 7 heteroatoms. The number of hydrogen-bond acceptors (Lipinski definition) is 2. The third-order valence-electron chi connectivity index (χ3n) is 4.44. The molecule has 0 aliphatic heterocycles. The zero-order chi connectivity index (χ0) is 18.8. The Morgan fingerprint density at radius 3 is 2.46 bits per heavy atom. The minimum Gasteiger partial charge on any atom is -0.369 e. The predicted molar refractivity (Wildman–Crippen MR) is 118 cm³/mol. The van der Waals surface area contributed by atoms with E-state index in [1.54, 1.807) is 0 Å². The molecule has 0 fully saturated rings. The summed E-state index contributed by atoms with van der Waals surface area (Å²) in [5.41, 5.74) is 6.76. The van der Waals surface area contributed by atoms with Gasteiger partial charge in [-0.1, -0.05) is 6.07 Å². The number of nitrogens with one attached hydrogen (secondary N) is 1. The van der Waals surface area contributed by atoms with E-state index in [1.165, 1.54) is 29.2 Å². The van der Waals surface area contributed by atoms with Crippen molar-refractivity contribution in [1.29, 1.82) is 0 Å². The third-order valence-corrected chi connectivity index (χ3v) is 6.28. The standard InChI is InChI=1S/C19H18Br2Cl2N2O/c1-11(26)24-19-17(20)10-15-14-3-2-13(25(6-4-22)7-5-23)8-12(14)9-16(15)18(19)21/h2-3,8,10H,4-7,9H2,1H3,(H,24,26). The summed E-state index contributed by atoms with van der Waals surface area (Å²) in [4.78, 5) is 13.7. The summed E-state index contributed by atoms with van der Waals surface area (Å²) in [5, 5.41) is 2.89. The number of halogens is 4. The number of amides is 1. The summed E-state index contributed by atoms with van der Waals surface area (Å²) in [6, 6.07) is 8.57. The molecule has 0 saturated heterocycles. The number of hydrogen-bond donors (Lipinski definition) is 1. The van der Waals surface area contributed by atoms with Crippen LogP contribution in [0, 0.1) is 0 Å². The van der Waals surface area contributed by atoms with Crippen LogP contribution in [0.2, 0.25) is 0 Å². The summed E-state index contributed by atoms with van der Waals surface area (Å²) in [5.74, 6) is 1.03. The van der Waals surface area contributed by atoms with Crippen LogP contribution in [0.15, 0.2) is 33.2 Å². The Kier molecular flexibility index (Phi) is 6.54. The summed E-state index contributed by atoms with van der Waals surface area (Å²) in [6.45, 7) is 3.04. The molecule has 1 aliphatic carbocycles. The van der Waals surface area contributed by atoms with Crippen LogP contribution in [-0.2, 0) is 11.2 Å². The average Bonchev–Trinajstić information content (AvgIpc) is 2.96. The Morgan fingerprint density at radius 1 is 1.15 bits per heavy atom. The molecule has 0 unspecified atom stereocenters. The van der Waals surface area contributed by atoms with Crippen molar-refractivity contribution >= 4 is 72.3 Å². The number of nitrogens with zero attached hydrogens (tertiary/aromatic N) is 1. The van der Waals surface area contributed by atoms with Crippen LogP contribution in [0.1, 0.15) is 18.1 Å². The van der Waals surface area contributed by atoms with Crippen molar-refractivity contribution in [1.82, 2.24) is 0 Å². The normalized spacial score (nSPS) is 11.9. The van der Waals surface area contributed by atoms with Crippen LogP contribution in [0.3, 0.4) is 0 Å². The first-order valence-electron chi connectivity index (χ1n) is 8.25. The molecular formula is C19H18Br2Cl2N2O. The SMILES string of the molecule is CC(=O)Nc1c(Br)cc2c(c1Br)Cc1cc(N(CCCl)CCCl)ccc1-2. The molecule has 0 spiro atoms. The monoisotopic (exact) mass is 518 g/mol. The minimum atomic E-state index is -0.0954. The van der Waals surface area contributed by atoms with E-state index in [-0.39, 0.29) is 5.91 Å². The Balaban J connectivity index is 2.00. The van der Waals surface area contributed by atoms with Crippen molar-refractivity contribution in [2.24, 2.45) is 0 Å². The molecule has 0 bridgehead atoms. The second kappa shape index (κ2) is 8.51. The van der Waals surface area contributed by atoms with Crippen molar-refractivity contribution in [3.8, 4) is 11.1 Å². The smallest absolute Gasteiger partial charge is 0.221 e. The van der Waals surface area contributed by atoms with E-state index in [9.17, 15) is 4.79 Å². The van der Waals surface area contributed by atoms with Gasteiger partial charge in [-0.2, -0.15) is 0 Å². The average molecular weight is 521 g/mol. The summed E-state index contributed by atoms with van der Waals surface area (Å²) < 4.78 is 1.79. The van der Waals surface area contributed by atoms with Gasteiger partial charge in [0, 0.05) is 46.4 Å². The molecule has 1 aliphatic rings. The van der Waals surface area contributed by atoms with Crippen molar-refractivity contribution in [2.45, 2.75) is 13.3 Å². The molecule has 0 atom stereocenters. The maximum absolute atomic E-state index is 11.5. The van der Waals surface area contributed by atoms with Crippen LogP contribution in [0.4, 0.5) is 11.4 Å². The van der Waals surface area contributed by atoms with E-state index in [0.29, 0.717) is 11.8 Å². The summed E-state index contributed by atoms with van der Waals surface area (Å²) >= 11 is 19.1. The number of carbonyl (C=O) groups is 1. The van der Waals surface area contributed by atoms with E-state index in [2.05, 4.69) is 66.3 Å². The van der Waals surface area contributed by atoms with Gasteiger partial charge in [0.15, 0.2) is 0 Å². The topological polar surface area (TPSA) is 32.3 Å². The fraction of sp³-hybridized carbons (Fsp3) is 0.316. The number of anilines is 2. The Morgan fingerprint density at radius 2 is 1.85 bits per heavy atom. The highest BCUT2D eigenvalue weighted by Crippen LogP contribution is 2.47. The highest BCUT2D eigenvalue weighted by Gasteiger charge is 2.25. The molecule has 26 heavy (non-hydrogen) atoms. The Bertz CT molecular complexity index is 852. The number of benzene rings is 2. The first-order chi connectivity index (χ1) is 12.5. The highest BCUT2D eigenvalue weighted by atomic mass is 79.9. The fourth-order valence-corrected chi connectivity index (χ4v) is 5.18. The second-order valence-corrected chi connectivity index (χ2v) is 8.54. The molecule has 3 nitrogen and oxygen atoms in total. The molecule has 138 valence electrons. The molecule has 2 aromatic carbocycles. The molecule has 0 heterocycles. The maximum atomic E-state index is 11.5. The van der Waals surface area contributed by atoms with E-state index in [4.69, 9.17) is 23.2 Å². The van der Waals surface area contributed by atoms with Gasteiger partial charge in [0.1, 0.15) is 0 Å². The van der Waals surface area contributed by atoms with Crippen molar-refractivity contribution in [3.63, 3.8) is 0 Å². The number of carbonyl (C=O) groups excluding carboxylic acids is 1. The first-order valence-corrected chi connectivity index (χ1v) is 10.9. The van der Waals surface area contributed by atoms with Gasteiger partial charge < -0.3 is 10.2 Å². The van der Waals surface area contributed by atoms with E-state index < -0.39 is 0 Å². The molecule has 1 N–H and O–H groups in total. The van der Waals surface area contributed by atoms with Crippen LogP contribution < -0.4 is 10.2 Å². The fourth-order valence-electron chi connectivity index (χ4n) is 3.31. The van der Waals surface area contributed by atoms with Gasteiger partial charge in [-0.05, 0) is 78.7 Å². The zero-order valence-corrected chi connectivity index (χ0v) is 18.9. The number of rotatable bonds is 6. The lowest BCUT2D eigenvalue weighted by Crippen LogP contribution is -2.27. The third kappa shape index (κ3) is 3.91. The van der Waals surface area contributed by atoms with E-state index in [0.717, 1.165) is 39.8 Å². The highest BCUT2D eigenvalue weighted by molar-refractivity contribution is 9.11. The van der Waals surface area contributed by atoms with Gasteiger partial charge in [0.2, 0.25) is 5.91 Å².